The molecule has 0 bridgehead atoms. The number of hydrogen-bond acceptors (Lipinski definition) is 3. The highest BCUT2D eigenvalue weighted by Crippen LogP contribution is 2.22. The highest BCUT2D eigenvalue weighted by Gasteiger charge is 2.18. The normalized spacial score (nSPS) is 11.9. The number of furan rings is 1. The molecule has 1 amide bonds. The van der Waals surface area contributed by atoms with E-state index in [1.165, 1.54) is 18.2 Å². The van der Waals surface area contributed by atoms with Crippen LogP contribution in [0.4, 0.5) is 10.1 Å². The van der Waals surface area contributed by atoms with Crippen LogP contribution in [0.3, 0.4) is 0 Å². The van der Waals surface area contributed by atoms with Gasteiger partial charge in [-0.05, 0) is 35.9 Å². The summed E-state index contributed by atoms with van der Waals surface area (Å²) >= 11 is 5.83. The zero-order chi connectivity index (χ0) is 17.6. The number of amides is 1. The Bertz CT molecular complexity index is 838. The summed E-state index contributed by atoms with van der Waals surface area (Å²) in [5, 5.41) is 5.99. The molecule has 0 aliphatic rings. The summed E-state index contributed by atoms with van der Waals surface area (Å²) in [6.07, 6.45) is 1.58. The van der Waals surface area contributed by atoms with Gasteiger partial charge in [-0.25, -0.2) is 4.39 Å². The second-order valence-corrected chi connectivity index (χ2v) is 5.85. The number of carbonyl (C=O) groups excluding carboxylic acids is 1. The molecule has 3 rings (SSSR count). The van der Waals surface area contributed by atoms with E-state index in [1.54, 1.807) is 12.3 Å². The van der Waals surface area contributed by atoms with Crippen LogP contribution in [0.1, 0.15) is 17.4 Å². The topological polar surface area (TPSA) is 54.3 Å². The van der Waals surface area contributed by atoms with Crippen molar-refractivity contribution >= 4 is 23.2 Å². The van der Waals surface area contributed by atoms with E-state index in [2.05, 4.69) is 10.6 Å². The third kappa shape index (κ3) is 4.47. The third-order valence-corrected chi connectivity index (χ3v) is 3.86. The fourth-order valence-electron chi connectivity index (χ4n) is 2.47. The third-order valence-electron chi connectivity index (χ3n) is 3.63. The first-order chi connectivity index (χ1) is 12.1. The van der Waals surface area contributed by atoms with Gasteiger partial charge in [0.05, 0.1) is 24.5 Å². The Hall–Kier alpha value is -2.63. The predicted molar refractivity (Wildman–Crippen MR) is 95.0 cm³/mol. The zero-order valence-electron chi connectivity index (χ0n) is 13.2. The van der Waals surface area contributed by atoms with Crippen LogP contribution in [0.15, 0.2) is 71.3 Å². The molecule has 0 fully saturated rings. The number of hydrogen-bond donors (Lipinski definition) is 2. The minimum absolute atomic E-state index is 0.0216. The first kappa shape index (κ1) is 17.2. The van der Waals surface area contributed by atoms with Gasteiger partial charge in [-0.2, -0.15) is 0 Å². The molecule has 2 aromatic carbocycles. The van der Waals surface area contributed by atoms with Crippen LogP contribution in [0.5, 0.6) is 0 Å². The quantitative estimate of drug-likeness (QED) is 0.687. The molecule has 1 heterocycles. The van der Waals surface area contributed by atoms with Crippen molar-refractivity contribution in [3.63, 3.8) is 0 Å². The Morgan fingerprint density at radius 1 is 1.12 bits per heavy atom. The van der Waals surface area contributed by atoms with Gasteiger partial charge in [-0.15, -0.1) is 0 Å². The van der Waals surface area contributed by atoms with E-state index in [0.717, 1.165) is 5.56 Å². The summed E-state index contributed by atoms with van der Waals surface area (Å²) in [4.78, 5) is 12.2. The van der Waals surface area contributed by atoms with E-state index in [4.69, 9.17) is 16.0 Å². The van der Waals surface area contributed by atoms with Crippen molar-refractivity contribution in [2.45, 2.75) is 6.04 Å². The SMILES string of the molecule is O=C(CN[C@@H](c1ccccc1)c1ccco1)Nc1cc(Cl)ccc1F. The monoisotopic (exact) mass is 358 g/mol. The molecule has 0 saturated heterocycles. The first-order valence-electron chi connectivity index (χ1n) is 7.70. The molecule has 128 valence electrons. The van der Waals surface area contributed by atoms with Gasteiger partial charge in [0, 0.05) is 5.02 Å². The Labute approximate surface area is 149 Å². The van der Waals surface area contributed by atoms with Crippen molar-refractivity contribution in [3.05, 3.63) is 89.1 Å². The molecule has 3 aromatic rings. The average Bonchev–Trinajstić information content (AvgIpc) is 3.14. The van der Waals surface area contributed by atoms with Gasteiger partial charge >= 0.3 is 0 Å². The van der Waals surface area contributed by atoms with E-state index in [0.29, 0.717) is 10.8 Å². The summed E-state index contributed by atoms with van der Waals surface area (Å²) in [7, 11) is 0. The predicted octanol–water partition coefficient (Wildman–Crippen LogP) is 4.39. The van der Waals surface area contributed by atoms with E-state index in [-0.39, 0.29) is 24.2 Å². The lowest BCUT2D eigenvalue weighted by Gasteiger charge is -2.17. The lowest BCUT2D eigenvalue weighted by molar-refractivity contribution is -0.115. The fraction of sp³-hybridized carbons (Fsp3) is 0.105. The van der Waals surface area contributed by atoms with Crippen LogP contribution in [0.25, 0.3) is 0 Å². The molecule has 0 spiro atoms. The van der Waals surface area contributed by atoms with Crippen LogP contribution in [0.2, 0.25) is 5.02 Å². The summed E-state index contributed by atoms with van der Waals surface area (Å²) < 4.78 is 19.2. The maximum Gasteiger partial charge on any atom is 0.238 e. The molecule has 1 aromatic heterocycles. The largest absolute Gasteiger partial charge is 0.467 e. The van der Waals surface area contributed by atoms with E-state index >= 15 is 0 Å². The van der Waals surface area contributed by atoms with Crippen molar-refractivity contribution in [1.82, 2.24) is 5.32 Å². The van der Waals surface area contributed by atoms with Crippen molar-refractivity contribution in [1.29, 1.82) is 0 Å². The summed E-state index contributed by atoms with van der Waals surface area (Å²) in [5.74, 6) is -0.231. The van der Waals surface area contributed by atoms with E-state index in [9.17, 15) is 9.18 Å². The van der Waals surface area contributed by atoms with Crippen LogP contribution in [-0.4, -0.2) is 12.5 Å². The Balaban J connectivity index is 1.69. The first-order valence-corrected chi connectivity index (χ1v) is 8.08. The van der Waals surface area contributed by atoms with Crippen molar-refractivity contribution in [3.8, 4) is 0 Å². The molecule has 6 heteroatoms. The smallest absolute Gasteiger partial charge is 0.238 e. The Morgan fingerprint density at radius 3 is 2.64 bits per heavy atom. The van der Waals surface area contributed by atoms with E-state index < -0.39 is 5.82 Å². The van der Waals surface area contributed by atoms with Gasteiger partial charge in [0.15, 0.2) is 0 Å². The number of halogens is 2. The molecule has 4 nitrogen and oxygen atoms in total. The number of rotatable bonds is 6. The lowest BCUT2D eigenvalue weighted by Crippen LogP contribution is -2.32. The molecule has 1 atom stereocenters. The summed E-state index contributed by atoms with van der Waals surface area (Å²) in [5.41, 5.74) is 1.01. The van der Waals surface area contributed by atoms with Crippen molar-refractivity contribution < 1.29 is 13.6 Å². The molecular weight excluding hydrogens is 343 g/mol. The maximum absolute atomic E-state index is 13.7. The Kier molecular flexibility index (Phi) is 5.48. The molecule has 25 heavy (non-hydrogen) atoms. The molecule has 0 aliphatic heterocycles. The summed E-state index contributed by atoms with van der Waals surface area (Å²) in [6.45, 7) is -0.0216. The average molecular weight is 359 g/mol. The van der Waals surface area contributed by atoms with Crippen LogP contribution in [0, 0.1) is 5.82 Å². The molecule has 0 unspecified atom stereocenters. The molecule has 0 aliphatic carbocycles. The van der Waals surface area contributed by atoms with Crippen LogP contribution >= 0.6 is 11.6 Å². The highest BCUT2D eigenvalue weighted by atomic mass is 35.5. The number of anilines is 1. The Morgan fingerprint density at radius 2 is 1.92 bits per heavy atom. The van der Waals surface area contributed by atoms with Gasteiger partial charge in [-0.3, -0.25) is 10.1 Å². The number of nitrogens with one attached hydrogen (secondary N) is 2. The van der Waals surface area contributed by atoms with Gasteiger partial charge in [-0.1, -0.05) is 41.9 Å². The number of benzene rings is 2. The second-order valence-electron chi connectivity index (χ2n) is 5.41. The second kappa shape index (κ2) is 7.96. The lowest BCUT2D eigenvalue weighted by atomic mass is 10.0. The molecular formula is C19H16ClFN2O2. The molecule has 0 radical (unpaired) electrons. The van der Waals surface area contributed by atoms with Gasteiger partial charge in [0.25, 0.3) is 0 Å². The van der Waals surface area contributed by atoms with Crippen LogP contribution < -0.4 is 10.6 Å². The fourth-order valence-corrected chi connectivity index (χ4v) is 2.64. The van der Waals surface area contributed by atoms with Crippen LogP contribution in [-0.2, 0) is 4.79 Å². The minimum Gasteiger partial charge on any atom is -0.467 e. The zero-order valence-corrected chi connectivity index (χ0v) is 14.0. The molecule has 0 saturated carbocycles. The maximum atomic E-state index is 13.7. The van der Waals surface area contributed by atoms with Crippen molar-refractivity contribution in [2.24, 2.45) is 0 Å². The minimum atomic E-state index is -0.539. The van der Waals surface area contributed by atoms with Crippen molar-refractivity contribution in [2.75, 3.05) is 11.9 Å². The van der Waals surface area contributed by atoms with Gasteiger partial charge in [0.1, 0.15) is 11.6 Å². The van der Waals surface area contributed by atoms with Gasteiger partial charge in [0.2, 0.25) is 5.91 Å². The van der Waals surface area contributed by atoms with Gasteiger partial charge < -0.3 is 9.73 Å². The summed E-state index contributed by atoms with van der Waals surface area (Å²) in [6, 6.07) is 17.0. The van der Waals surface area contributed by atoms with E-state index in [1.807, 2.05) is 36.4 Å². The number of carbonyl (C=O) groups is 1. The highest BCUT2D eigenvalue weighted by molar-refractivity contribution is 6.30. The molecule has 2 N–H and O–H groups in total. The standard InChI is InChI=1S/C19H16ClFN2O2/c20-14-8-9-15(21)16(11-14)23-18(24)12-22-19(17-7-4-10-25-17)13-5-2-1-3-6-13/h1-11,19,22H,12H2,(H,23,24)/t19-/m0/s1.